The number of ether oxygens (including phenoxy) is 2. The lowest BCUT2D eigenvalue weighted by atomic mass is 10.3. The van der Waals surface area contributed by atoms with E-state index in [0.717, 1.165) is 25.2 Å². The molecule has 1 aromatic heterocycles. The monoisotopic (exact) mass is 363 g/mol. The first-order valence-electron chi connectivity index (χ1n) is 8.21. The highest BCUT2D eigenvalue weighted by atomic mass is 32.2. The van der Waals surface area contributed by atoms with Gasteiger partial charge in [-0.1, -0.05) is 13.3 Å². The zero-order valence-electron chi connectivity index (χ0n) is 14.0. The van der Waals surface area contributed by atoms with E-state index in [-0.39, 0.29) is 4.90 Å². The number of anilines is 2. The number of unbranched alkanes of at least 4 members (excludes halogenated alkanes) is 1. The van der Waals surface area contributed by atoms with E-state index in [4.69, 9.17) is 9.47 Å². The molecule has 8 heteroatoms. The Bertz CT molecular complexity index is 822. The van der Waals surface area contributed by atoms with E-state index in [1.165, 1.54) is 18.3 Å². The van der Waals surface area contributed by atoms with Crippen molar-refractivity contribution in [2.75, 3.05) is 29.8 Å². The average Bonchev–Trinajstić information content (AvgIpc) is 2.63. The lowest BCUT2D eigenvalue weighted by Crippen LogP contribution is -2.17. The van der Waals surface area contributed by atoms with Crippen LogP contribution in [-0.4, -0.2) is 33.2 Å². The van der Waals surface area contributed by atoms with E-state index in [9.17, 15) is 8.42 Å². The van der Waals surface area contributed by atoms with Crippen molar-refractivity contribution in [2.24, 2.45) is 0 Å². The van der Waals surface area contributed by atoms with Crippen LogP contribution < -0.4 is 19.5 Å². The summed E-state index contributed by atoms with van der Waals surface area (Å²) in [7, 11) is -3.73. The number of fused-ring (bicyclic) bond motifs is 1. The number of sulfonamides is 1. The summed E-state index contributed by atoms with van der Waals surface area (Å²) in [5.74, 6) is 1.70. The van der Waals surface area contributed by atoms with Crippen molar-refractivity contribution < 1.29 is 17.9 Å². The zero-order valence-corrected chi connectivity index (χ0v) is 14.8. The summed E-state index contributed by atoms with van der Waals surface area (Å²) in [5.41, 5.74) is 0.399. The first kappa shape index (κ1) is 17.3. The smallest absolute Gasteiger partial charge is 0.262 e. The highest BCUT2D eigenvalue weighted by molar-refractivity contribution is 7.92. The summed E-state index contributed by atoms with van der Waals surface area (Å²) < 4.78 is 38.4. The van der Waals surface area contributed by atoms with E-state index >= 15 is 0 Å². The normalized spacial score (nSPS) is 13.3. The number of aromatic nitrogens is 1. The Kier molecular flexibility index (Phi) is 5.28. The van der Waals surface area contributed by atoms with Gasteiger partial charge in [0, 0.05) is 12.6 Å². The SMILES string of the molecule is CCCCNc1ccc(NS(=O)(=O)c2ccc3c(c2)OCCO3)cn1. The molecule has 134 valence electrons. The van der Waals surface area contributed by atoms with Crippen LogP contribution in [0.2, 0.25) is 0 Å². The van der Waals surface area contributed by atoms with Crippen LogP contribution in [-0.2, 0) is 10.0 Å². The molecule has 7 nitrogen and oxygen atoms in total. The second-order valence-corrected chi connectivity index (χ2v) is 7.31. The van der Waals surface area contributed by atoms with Gasteiger partial charge in [0.15, 0.2) is 11.5 Å². The predicted molar refractivity (Wildman–Crippen MR) is 95.9 cm³/mol. The van der Waals surface area contributed by atoms with Crippen molar-refractivity contribution in [2.45, 2.75) is 24.7 Å². The Morgan fingerprint density at radius 1 is 1.12 bits per heavy atom. The van der Waals surface area contributed by atoms with E-state index in [1.54, 1.807) is 18.2 Å². The molecule has 0 fully saturated rings. The lowest BCUT2D eigenvalue weighted by molar-refractivity contribution is 0.171. The van der Waals surface area contributed by atoms with E-state index < -0.39 is 10.0 Å². The second kappa shape index (κ2) is 7.60. The molecule has 2 N–H and O–H groups in total. The summed E-state index contributed by atoms with van der Waals surface area (Å²) in [6.45, 7) is 3.82. The Labute approximate surface area is 147 Å². The van der Waals surface area contributed by atoms with Gasteiger partial charge in [0.2, 0.25) is 0 Å². The van der Waals surface area contributed by atoms with Crippen molar-refractivity contribution in [3.8, 4) is 11.5 Å². The Hall–Kier alpha value is -2.48. The summed E-state index contributed by atoms with van der Waals surface area (Å²) >= 11 is 0. The highest BCUT2D eigenvalue weighted by Gasteiger charge is 2.19. The van der Waals surface area contributed by atoms with Crippen molar-refractivity contribution in [1.29, 1.82) is 0 Å². The summed E-state index contributed by atoms with van der Waals surface area (Å²) in [4.78, 5) is 4.33. The number of hydrogen-bond acceptors (Lipinski definition) is 6. The second-order valence-electron chi connectivity index (χ2n) is 5.62. The number of nitrogens with zero attached hydrogens (tertiary/aromatic N) is 1. The fraction of sp³-hybridized carbons (Fsp3) is 0.353. The number of hydrogen-bond donors (Lipinski definition) is 2. The molecule has 2 heterocycles. The summed E-state index contributed by atoms with van der Waals surface area (Å²) in [6, 6.07) is 7.98. The molecule has 0 spiro atoms. The van der Waals surface area contributed by atoms with Crippen LogP contribution in [0.5, 0.6) is 11.5 Å². The molecular weight excluding hydrogens is 342 g/mol. The lowest BCUT2D eigenvalue weighted by Gasteiger charge is -2.19. The minimum atomic E-state index is -3.73. The first-order chi connectivity index (χ1) is 12.1. The topological polar surface area (TPSA) is 89.5 Å². The van der Waals surface area contributed by atoms with E-state index in [2.05, 4.69) is 21.9 Å². The molecule has 1 aliphatic rings. The maximum absolute atomic E-state index is 12.5. The van der Waals surface area contributed by atoms with Gasteiger partial charge in [-0.25, -0.2) is 13.4 Å². The van der Waals surface area contributed by atoms with Crippen LogP contribution in [0.15, 0.2) is 41.4 Å². The van der Waals surface area contributed by atoms with Crippen molar-refractivity contribution in [3.05, 3.63) is 36.5 Å². The molecule has 1 aromatic carbocycles. The van der Waals surface area contributed by atoms with Gasteiger partial charge >= 0.3 is 0 Å². The minimum absolute atomic E-state index is 0.113. The molecule has 2 aromatic rings. The fourth-order valence-corrected chi connectivity index (χ4v) is 3.42. The molecule has 0 bridgehead atoms. The first-order valence-corrected chi connectivity index (χ1v) is 9.69. The third kappa shape index (κ3) is 4.33. The summed E-state index contributed by atoms with van der Waals surface area (Å²) in [5, 5.41) is 3.18. The van der Waals surface area contributed by atoms with Gasteiger partial charge in [0.05, 0.1) is 16.8 Å². The zero-order chi connectivity index (χ0) is 17.7. The van der Waals surface area contributed by atoms with Gasteiger partial charge in [0.1, 0.15) is 19.0 Å². The van der Waals surface area contributed by atoms with Gasteiger partial charge in [-0.15, -0.1) is 0 Å². The summed E-state index contributed by atoms with van der Waals surface area (Å²) in [6.07, 6.45) is 3.64. The maximum Gasteiger partial charge on any atom is 0.262 e. The molecule has 0 atom stereocenters. The highest BCUT2D eigenvalue weighted by Crippen LogP contribution is 2.32. The van der Waals surface area contributed by atoms with Gasteiger partial charge in [-0.3, -0.25) is 4.72 Å². The maximum atomic E-state index is 12.5. The van der Waals surface area contributed by atoms with Crippen LogP contribution in [0.4, 0.5) is 11.5 Å². The van der Waals surface area contributed by atoms with E-state index in [1.807, 2.05) is 0 Å². The van der Waals surface area contributed by atoms with Crippen LogP contribution in [0.3, 0.4) is 0 Å². The molecule has 0 saturated carbocycles. The number of rotatable bonds is 7. The van der Waals surface area contributed by atoms with Crippen LogP contribution in [0, 0.1) is 0 Å². The molecule has 25 heavy (non-hydrogen) atoms. The van der Waals surface area contributed by atoms with Gasteiger partial charge < -0.3 is 14.8 Å². The van der Waals surface area contributed by atoms with Crippen LogP contribution in [0.1, 0.15) is 19.8 Å². The number of nitrogens with one attached hydrogen (secondary N) is 2. The predicted octanol–water partition coefficient (Wildman–Crippen LogP) is 2.87. The van der Waals surface area contributed by atoms with Crippen molar-refractivity contribution >= 4 is 21.5 Å². The molecule has 3 rings (SSSR count). The molecule has 0 unspecified atom stereocenters. The van der Waals surface area contributed by atoms with Crippen molar-refractivity contribution in [3.63, 3.8) is 0 Å². The van der Waals surface area contributed by atoms with Gasteiger partial charge in [-0.05, 0) is 30.7 Å². The molecule has 0 amide bonds. The van der Waals surface area contributed by atoms with Gasteiger partial charge in [-0.2, -0.15) is 0 Å². The Balaban J connectivity index is 1.71. The quantitative estimate of drug-likeness (QED) is 0.735. The molecule has 0 saturated heterocycles. The van der Waals surface area contributed by atoms with Crippen LogP contribution >= 0.6 is 0 Å². The minimum Gasteiger partial charge on any atom is -0.486 e. The Morgan fingerprint density at radius 3 is 2.64 bits per heavy atom. The third-order valence-corrected chi connectivity index (χ3v) is 5.06. The average molecular weight is 363 g/mol. The fourth-order valence-electron chi connectivity index (χ4n) is 2.36. The third-order valence-electron chi connectivity index (χ3n) is 3.68. The number of pyridine rings is 1. The van der Waals surface area contributed by atoms with Gasteiger partial charge in [0.25, 0.3) is 10.0 Å². The number of benzene rings is 1. The van der Waals surface area contributed by atoms with E-state index in [0.29, 0.717) is 30.4 Å². The molecule has 0 radical (unpaired) electrons. The van der Waals surface area contributed by atoms with Crippen LogP contribution in [0.25, 0.3) is 0 Å². The molecule has 1 aliphatic heterocycles. The molecule has 0 aliphatic carbocycles. The largest absolute Gasteiger partial charge is 0.486 e. The molecular formula is C17H21N3O4S. The van der Waals surface area contributed by atoms with Crippen molar-refractivity contribution in [1.82, 2.24) is 4.98 Å². The standard InChI is InChI=1S/C17H21N3O4S/c1-2-3-8-18-17-7-4-13(12-19-17)20-25(21,22)14-5-6-15-16(11-14)24-10-9-23-15/h4-7,11-12,20H,2-3,8-10H2,1H3,(H,18,19). The Morgan fingerprint density at radius 2 is 1.92 bits per heavy atom.